The molecule has 0 amide bonds. The van der Waals surface area contributed by atoms with Gasteiger partial charge in [-0.1, -0.05) is 87.4 Å². The van der Waals surface area contributed by atoms with Gasteiger partial charge in [0.1, 0.15) is 0 Å². The van der Waals surface area contributed by atoms with E-state index < -0.39 is 0 Å². The highest BCUT2D eigenvalue weighted by molar-refractivity contribution is 6.30. The van der Waals surface area contributed by atoms with Gasteiger partial charge in [0.25, 0.3) is 0 Å². The number of aryl methyl sites for hydroxylation is 1. The van der Waals surface area contributed by atoms with Gasteiger partial charge in [-0.3, -0.25) is 0 Å². The van der Waals surface area contributed by atoms with Gasteiger partial charge in [0, 0.05) is 5.02 Å². The van der Waals surface area contributed by atoms with Gasteiger partial charge >= 0.3 is 0 Å². The molecule has 0 radical (unpaired) electrons. The Morgan fingerprint density at radius 3 is 2.36 bits per heavy atom. The van der Waals surface area contributed by atoms with Crippen molar-refractivity contribution in [1.29, 1.82) is 0 Å². The summed E-state index contributed by atoms with van der Waals surface area (Å²) in [6, 6.07) is 15.7. The molecule has 2 aromatic rings. The summed E-state index contributed by atoms with van der Waals surface area (Å²) in [6.45, 7) is 2.27. The van der Waals surface area contributed by atoms with Crippen LogP contribution in [-0.2, 0) is 6.42 Å². The molecule has 1 aliphatic carbocycles. The molecule has 0 atom stereocenters. The maximum Gasteiger partial charge on any atom is 0.0409 e. The first-order valence-corrected chi connectivity index (χ1v) is 10.5. The van der Waals surface area contributed by atoms with Gasteiger partial charge in [-0.25, -0.2) is 0 Å². The number of unbranched alkanes of at least 4 members (excludes halogenated alkanes) is 3. The molecule has 0 spiro atoms. The van der Waals surface area contributed by atoms with Crippen molar-refractivity contribution in [1.82, 2.24) is 0 Å². The van der Waals surface area contributed by atoms with Gasteiger partial charge < -0.3 is 0 Å². The van der Waals surface area contributed by atoms with E-state index in [4.69, 9.17) is 11.6 Å². The van der Waals surface area contributed by atoms with E-state index in [2.05, 4.69) is 43.3 Å². The third-order valence-corrected chi connectivity index (χ3v) is 5.88. The molecule has 134 valence electrons. The fourth-order valence-electron chi connectivity index (χ4n) is 4.15. The van der Waals surface area contributed by atoms with Crippen LogP contribution >= 0.6 is 11.6 Å². The third kappa shape index (κ3) is 5.11. The molecular formula is C24H31Cl. The average molecular weight is 355 g/mol. The maximum atomic E-state index is 6.33. The van der Waals surface area contributed by atoms with Crippen LogP contribution in [0.5, 0.6) is 0 Å². The zero-order chi connectivity index (χ0) is 17.5. The highest BCUT2D eigenvalue weighted by Crippen LogP contribution is 2.39. The topological polar surface area (TPSA) is 0 Å². The van der Waals surface area contributed by atoms with Crippen molar-refractivity contribution in [3.8, 4) is 11.1 Å². The lowest BCUT2D eigenvalue weighted by atomic mass is 9.81. The lowest BCUT2D eigenvalue weighted by Crippen LogP contribution is -2.06. The van der Waals surface area contributed by atoms with E-state index in [-0.39, 0.29) is 0 Å². The van der Waals surface area contributed by atoms with Gasteiger partial charge in [0.05, 0.1) is 0 Å². The summed E-state index contributed by atoms with van der Waals surface area (Å²) in [5, 5.41) is 0.872. The first-order valence-electron chi connectivity index (χ1n) is 10.2. The summed E-state index contributed by atoms with van der Waals surface area (Å²) in [5.74, 6) is 0.677. The van der Waals surface area contributed by atoms with E-state index in [1.807, 2.05) is 6.07 Å². The molecule has 0 heterocycles. The van der Waals surface area contributed by atoms with Crippen LogP contribution in [0.25, 0.3) is 11.1 Å². The van der Waals surface area contributed by atoms with E-state index in [0.29, 0.717) is 5.92 Å². The number of hydrogen-bond donors (Lipinski definition) is 0. The van der Waals surface area contributed by atoms with Crippen LogP contribution in [0.15, 0.2) is 42.5 Å². The van der Waals surface area contributed by atoms with Crippen molar-refractivity contribution in [3.63, 3.8) is 0 Å². The van der Waals surface area contributed by atoms with Crippen molar-refractivity contribution in [2.24, 2.45) is 0 Å². The van der Waals surface area contributed by atoms with Crippen molar-refractivity contribution in [2.45, 2.75) is 77.0 Å². The Morgan fingerprint density at radius 1 is 0.880 bits per heavy atom. The molecule has 0 aromatic heterocycles. The van der Waals surface area contributed by atoms with Crippen LogP contribution in [0.3, 0.4) is 0 Å². The van der Waals surface area contributed by atoms with Crippen molar-refractivity contribution in [3.05, 3.63) is 58.6 Å². The summed E-state index contributed by atoms with van der Waals surface area (Å²) in [7, 11) is 0. The molecule has 0 aliphatic heterocycles. The Kier molecular flexibility index (Phi) is 6.99. The van der Waals surface area contributed by atoms with Crippen LogP contribution in [-0.4, -0.2) is 0 Å². The predicted octanol–water partition coefficient (Wildman–Crippen LogP) is 8.18. The molecule has 0 N–H and O–H groups in total. The molecule has 0 unspecified atom stereocenters. The summed E-state index contributed by atoms with van der Waals surface area (Å²) in [4.78, 5) is 0. The Hall–Kier alpha value is -1.27. The molecule has 1 saturated carbocycles. The molecule has 3 rings (SSSR count). The minimum absolute atomic E-state index is 0.677. The number of hydrogen-bond acceptors (Lipinski definition) is 0. The predicted molar refractivity (Wildman–Crippen MR) is 111 cm³/mol. The fourth-order valence-corrected chi connectivity index (χ4v) is 4.34. The highest BCUT2D eigenvalue weighted by atomic mass is 35.5. The second kappa shape index (κ2) is 9.43. The lowest BCUT2D eigenvalue weighted by molar-refractivity contribution is 0.444. The summed E-state index contributed by atoms with van der Waals surface area (Å²) >= 11 is 6.33. The number of rotatable bonds is 7. The molecule has 1 aliphatic rings. The number of benzene rings is 2. The van der Waals surface area contributed by atoms with Crippen molar-refractivity contribution < 1.29 is 0 Å². The molecular weight excluding hydrogens is 324 g/mol. The third-order valence-electron chi connectivity index (χ3n) is 5.64. The van der Waals surface area contributed by atoms with Crippen molar-refractivity contribution in [2.75, 3.05) is 0 Å². The monoisotopic (exact) mass is 354 g/mol. The second-order valence-electron chi connectivity index (χ2n) is 7.57. The summed E-state index contributed by atoms with van der Waals surface area (Å²) in [6.07, 6.45) is 13.2. The molecule has 1 fully saturated rings. The highest BCUT2D eigenvalue weighted by Gasteiger charge is 2.19. The van der Waals surface area contributed by atoms with Gasteiger partial charge in [-0.15, -0.1) is 0 Å². The van der Waals surface area contributed by atoms with Gasteiger partial charge in [0.2, 0.25) is 0 Å². The summed E-state index contributed by atoms with van der Waals surface area (Å²) < 4.78 is 0. The average Bonchev–Trinajstić information content (AvgIpc) is 2.66. The number of halogens is 1. The standard InChI is InChI=1S/C24H31Cl/c1-2-3-4-6-9-19-12-14-21(15-13-19)23-17-16-22(25)18-24(23)20-10-7-5-8-11-20/h12-18,20H,2-11H2,1H3. The van der Waals surface area contributed by atoms with E-state index >= 15 is 0 Å². The molecule has 25 heavy (non-hydrogen) atoms. The van der Waals surface area contributed by atoms with E-state index in [9.17, 15) is 0 Å². The Morgan fingerprint density at radius 2 is 1.64 bits per heavy atom. The van der Waals surface area contributed by atoms with Gasteiger partial charge in [-0.2, -0.15) is 0 Å². The van der Waals surface area contributed by atoms with Crippen LogP contribution in [0.1, 0.15) is 81.8 Å². The van der Waals surface area contributed by atoms with Gasteiger partial charge in [0.15, 0.2) is 0 Å². The normalized spacial score (nSPS) is 15.4. The van der Waals surface area contributed by atoms with Crippen LogP contribution < -0.4 is 0 Å². The fraction of sp³-hybridized carbons (Fsp3) is 0.500. The first-order chi connectivity index (χ1) is 12.3. The zero-order valence-electron chi connectivity index (χ0n) is 15.6. The molecule has 0 nitrogen and oxygen atoms in total. The molecule has 1 heteroatoms. The lowest BCUT2D eigenvalue weighted by Gasteiger charge is -2.25. The van der Waals surface area contributed by atoms with Crippen LogP contribution in [0, 0.1) is 0 Å². The zero-order valence-corrected chi connectivity index (χ0v) is 16.3. The van der Waals surface area contributed by atoms with Crippen LogP contribution in [0.4, 0.5) is 0 Å². The minimum Gasteiger partial charge on any atom is -0.0843 e. The molecule has 2 aromatic carbocycles. The van der Waals surface area contributed by atoms with E-state index in [0.717, 1.165) is 5.02 Å². The van der Waals surface area contributed by atoms with Crippen molar-refractivity contribution >= 4 is 11.6 Å². The quantitative estimate of drug-likeness (QED) is 0.439. The second-order valence-corrected chi connectivity index (χ2v) is 8.01. The minimum atomic E-state index is 0.677. The first kappa shape index (κ1) is 18.5. The maximum absolute atomic E-state index is 6.33. The summed E-state index contributed by atoms with van der Waals surface area (Å²) in [5.41, 5.74) is 5.65. The molecule has 0 saturated heterocycles. The Bertz CT molecular complexity index is 650. The van der Waals surface area contributed by atoms with Gasteiger partial charge in [-0.05, 0) is 66.0 Å². The smallest absolute Gasteiger partial charge is 0.0409 e. The Labute approximate surface area is 158 Å². The van der Waals surface area contributed by atoms with Crippen LogP contribution in [0.2, 0.25) is 5.02 Å². The molecule has 0 bridgehead atoms. The largest absolute Gasteiger partial charge is 0.0843 e. The Balaban J connectivity index is 1.76. The van der Waals surface area contributed by atoms with E-state index in [1.165, 1.54) is 86.5 Å². The van der Waals surface area contributed by atoms with E-state index in [1.54, 1.807) is 0 Å². The SMILES string of the molecule is CCCCCCc1ccc(-c2ccc(Cl)cc2C2CCCCC2)cc1.